The van der Waals surface area contributed by atoms with Gasteiger partial charge in [-0.1, -0.05) is 0 Å². The topological polar surface area (TPSA) is 137 Å². The van der Waals surface area contributed by atoms with Crippen LogP contribution in [0.3, 0.4) is 0 Å². The minimum Gasteiger partial charge on any atom is -0.496 e. The van der Waals surface area contributed by atoms with Crippen molar-refractivity contribution < 1.29 is 31.9 Å². The minimum absolute atomic E-state index is 0.0140. The molecule has 0 bridgehead atoms. The van der Waals surface area contributed by atoms with Crippen LogP contribution in [0.15, 0.2) is 35.6 Å². The zero-order valence-electron chi connectivity index (χ0n) is 16.0. The van der Waals surface area contributed by atoms with Gasteiger partial charge < -0.3 is 14.8 Å². The van der Waals surface area contributed by atoms with Crippen LogP contribution < -0.4 is 14.8 Å². The maximum Gasteiger partial charge on any atom is 0.421 e. The van der Waals surface area contributed by atoms with Crippen LogP contribution in [0.2, 0.25) is 0 Å². The van der Waals surface area contributed by atoms with Gasteiger partial charge in [-0.25, -0.2) is 19.5 Å². The van der Waals surface area contributed by atoms with Gasteiger partial charge in [0, 0.05) is 24.1 Å². The normalized spacial score (nSPS) is 11.5. The van der Waals surface area contributed by atoms with Crippen molar-refractivity contribution in [3.8, 4) is 5.75 Å². The predicted molar refractivity (Wildman–Crippen MR) is 99.5 cm³/mol. The summed E-state index contributed by atoms with van der Waals surface area (Å²) in [6, 6.07) is 3.57. The molecule has 156 valence electrons. The van der Waals surface area contributed by atoms with Gasteiger partial charge in [0.1, 0.15) is 16.9 Å². The van der Waals surface area contributed by atoms with E-state index in [9.17, 15) is 22.4 Å². The number of hydrogen-bond acceptors (Lipinski definition) is 8. The molecule has 10 nitrogen and oxygen atoms in total. The van der Waals surface area contributed by atoms with Crippen molar-refractivity contribution in [2.24, 2.45) is 0 Å². The van der Waals surface area contributed by atoms with Crippen LogP contribution in [-0.4, -0.2) is 43.1 Å². The summed E-state index contributed by atoms with van der Waals surface area (Å²) in [5.74, 6) is -2.03. The number of ether oxygens (including phenoxy) is 2. The van der Waals surface area contributed by atoms with Gasteiger partial charge in [-0.2, -0.15) is 12.8 Å². The van der Waals surface area contributed by atoms with Crippen molar-refractivity contribution in [3.05, 3.63) is 42.1 Å². The van der Waals surface area contributed by atoms with Crippen LogP contribution in [0.25, 0.3) is 0 Å². The molecular weight excluding hydrogens is 407 g/mol. The summed E-state index contributed by atoms with van der Waals surface area (Å²) in [6.07, 6.45) is 1.04. The number of pyridine rings is 2. The number of carbonyl (C=O) groups excluding carboxylic acids is 2. The summed E-state index contributed by atoms with van der Waals surface area (Å²) in [4.78, 5) is 31.2. The lowest BCUT2D eigenvalue weighted by Gasteiger charge is -2.19. The van der Waals surface area contributed by atoms with Gasteiger partial charge in [-0.05, 0) is 32.9 Å². The molecule has 0 fully saturated rings. The summed E-state index contributed by atoms with van der Waals surface area (Å²) >= 11 is 0. The second-order valence-corrected chi connectivity index (χ2v) is 8.25. The lowest BCUT2D eigenvalue weighted by molar-refractivity contribution is 0.0570. The second kappa shape index (κ2) is 8.39. The lowest BCUT2D eigenvalue weighted by atomic mass is 10.2. The SMILES string of the molecule is COc1ccnc(F)c1C(=O)Nc1ccnc(S(=O)(=O)NC(=O)OC(C)(C)C)c1. The van der Waals surface area contributed by atoms with E-state index >= 15 is 0 Å². The Bertz CT molecular complexity index is 1040. The summed E-state index contributed by atoms with van der Waals surface area (Å²) < 4.78 is 50.1. The fourth-order valence-corrected chi connectivity index (χ4v) is 2.93. The molecule has 2 N–H and O–H groups in total. The van der Waals surface area contributed by atoms with Gasteiger partial charge in [-0.3, -0.25) is 4.79 Å². The highest BCUT2D eigenvalue weighted by molar-refractivity contribution is 7.90. The van der Waals surface area contributed by atoms with E-state index in [2.05, 4.69) is 15.3 Å². The molecule has 0 spiro atoms. The molecule has 2 aromatic heterocycles. The number of nitrogens with zero attached hydrogens (tertiary/aromatic N) is 2. The van der Waals surface area contributed by atoms with E-state index in [1.165, 1.54) is 19.2 Å². The molecule has 0 radical (unpaired) electrons. The molecule has 2 heterocycles. The van der Waals surface area contributed by atoms with Crippen molar-refractivity contribution in [2.75, 3.05) is 12.4 Å². The van der Waals surface area contributed by atoms with Crippen molar-refractivity contribution >= 4 is 27.7 Å². The number of methoxy groups -OCH3 is 1. The van der Waals surface area contributed by atoms with Crippen molar-refractivity contribution in [3.63, 3.8) is 0 Å². The Kier molecular flexibility index (Phi) is 6.37. The molecule has 2 amide bonds. The fourth-order valence-electron chi connectivity index (χ4n) is 2.08. The van der Waals surface area contributed by atoms with E-state index in [0.29, 0.717) is 0 Å². The lowest BCUT2D eigenvalue weighted by Crippen LogP contribution is -2.36. The van der Waals surface area contributed by atoms with Crippen LogP contribution in [-0.2, 0) is 14.8 Å². The zero-order chi connectivity index (χ0) is 21.8. The van der Waals surface area contributed by atoms with Gasteiger partial charge in [-0.15, -0.1) is 0 Å². The largest absolute Gasteiger partial charge is 0.496 e. The predicted octanol–water partition coefficient (Wildman–Crippen LogP) is 2.09. The molecule has 0 aliphatic carbocycles. The highest BCUT2D eigenvalue weighted by Crippen LogP contribution is 2.21. The number of nitrogens with one attached hydrogen (secondary N) is 2. The first-order chi connectivity index (χ1) is 13.4. The van der Waals surface area contributed by atoms with E-state index in [1.54, 1.807) is 25.5 Å². The second-order valence-electron chi connectivity index (χ2n) is 6.62. The van der Waals surface area contributed by atoms with E-state index in [1.807, 2.05) is 0 Å². The minimum atomic E-state index is -4.37. The number of rotatable bonds is 5. The van der Waals surface area contributed by atoms with E-state index < -0.39 is 44.2 Å². The highest BCUT2D eigenvalue weighted by Gasteiger charge is 2.25. The van der Waals surface area contributed by atoms with Crippen molar-refractivity contribution in [2.45, 2.75) is 31.4 Å². The smallest absolute Gasteiger partial charge is 0.421 e. The molecule has 2 aromatic rings. The Hall–Kier alpha value is -3.28. The number of carbonyl (C=O) groups is 2. The molecule has 12 heteroatoms. The molecular formula is C17H19FN4O6S. The molecule has 0 aliphatic heterocycles. The third-order valence-electron chi connectivity index (χ3n) is 3.20. The summed E-state index contributed by atoms with van der Waals surface area (Å²) in [7, 11) is -3.12. The molecule has 29 heavy (non-hydrogen) atoms. The number of amides is 2. The van der Waals surface area contributed by atoms with E-state index in [0.717, 1.165) is 18.5 Å². The molecule has 0 saturated carbocycles. The monoisotopic (exact) mass is 426 g/mol. The van der Waals surface area contributed by atoms with Gasteiger partial charge >= 0.3 is 6.09 Å². The van der Waals surface area contributed by atoms with Crippen LogP contribution in [0, 0.1) is 5.95 Å². The first kappa shape index (κ1) is 22.0. The molecule has 0 saturated heterocycles. The number of aromatic nitrogens is 2. The summed E-state index contributed by atoms with van der Waals surface area (Å²) in [6.45, 7) is 4.71. The maximum absolute atomic E-state index is 13.9. The van der Waals surface area contributed by atoms with Crippen LogP contribution in [0.1, 0.15) is 31.1 Å². The molecule has 0 unspecified atom stereocenters. The third-order valence-corrected chi connectivity index (χ3v) is 4.41. The number of anilines is 1. The quantitative estimate of drug-likeness (QED) is 0.694. The van der Waals surface area contributed by atoms with Gasteiger partial charge in [0.15, 0.2) is 5.03 Å². The Labute approximate surface area is 166 Å². The molecule has 0 aromatic carbocycles. The first-order valence-electron chi connectivity index (χ1n) is 8.14. The Morgan fingerprint density at radius 3 is 2.41 bits per heavy atom. The van der Waals surface area contributed by atoms with Gasteiger partial charge in [0.25, 0.3) is 15.9 Å². The number of halogens is 1. The van der Waals surface area contributed by atoms with Crippen molar-refractivity contribution in [1.82, 2.24) is 14.7 Å². The fraction of sp³-hybridized carbons (Fsp3) is 0.294. The first-order valence-corrected chi connectivity index (χ1v) is 9.63. The average Bonchev–Trinajstić information content (AvgIpc) is 2.59. The standard InChI is InChI=1S/C17H19FN4O6S/c1-17(2,3)28-16(24)22-29(25,26)12-9-10(5-7-19-12)21-15(23)13-11(27-4)6-8-20-14(13)18/h5-9H,1-4H3,(H,22,24)(H,19,21,23). The molecule has 0 aliphatic rings. The van der Waals surface area contributed by atoms with Crippen LogP contribution in [0.4, 0.5) is 14.9 Å². The Morgan fingerprint density at radius 1 is 1.14 bits per heavy atom. The summed E-state index contributed by atoms with van der Waals surface area (Å²) in [5, 5.41) is 1.77. The van der Waals surface area contributed by atoms with E-state index in [4.69, 9.17) is 9.47 Å². The Balaban J connectivity index is 2.24. The average molecular weight is 426 g/mol. The van der Waals surface area contributed by atoms with Crippen LogP contribution >= 0.6 is 0 Å². The highest BCUT2D eigenvalue weighted by atomic mass is 32.2. The number of hydrogen-bond donors (Lipinski definition) is 2. The van der Waals surface area contributed by atoms with Gasteiger partial charge in [0.2, 0.25) is 5.95 Å². The summed E-state index contributed by atoms with van der Waals surface area (Å²) in [5.41, 5.74) is -1.38. The van der Waals surface area contributed by atoms with Crippen molar-refractivity contribution in [1.29, 1.82) is 0 Å². The Morgan fingerprint density at radius 2 is 1.79 bits per heavy atom. The third kappa shape index (κ3) is 5.85. The maximum atomic E-state index is 13.9. The van der Waals surface area contributed by atoms with Gasteiger partial charge in [0.05, 0.1) is 7.11 Å². The molecule has 2 rings (SSSR count). The zero-order valence-corrected chi connectivity index (χ0v) is 16.8. The van der Waals surface area contributed by atoms with E-state index in [-0.39, 0.29) is 11.4 Å². The van der Waals surface area contributed by atoms with Crippen LogP contribution in [0.5, 0.6) is 5.75 Å². The molecule has 0 atom stereocenters. The number of sulfonamides is 1.